The van der Waals surface area contributed by atoms with E-state index in [0.29, 0.717) is 12.3 Å². The van der Waals surface area contributed by atoms with E-state index >= 15 is 0 Å². The second-order valence-corrected chi connectivity index (χ2v) is 9.72. The van der Waals surface area contributed by atoms with Crippen LogP contribution in [0.1, 0.15) is 88.9 Å². The van der Waals surface area contributed by atoms with E-state index in [1.165, 1.54) is 17.7 Å². The zero-order chi connectivity index (χ0) is 21.8. The molecule has 5 heteroatoms. The van der Waals surface area contributed by atoms with Gasteiger partial charge in [-0.15, -0.1) is 11.3 Å². The summed E-state index contributed by atoms with van der Waals surface area (Å²) in [6, 6.07) is 6.63. The number of unbranched alkanes of at least 4 members (excludes halogenated alkanes) is 3. The first kappa shape index (κ1) is 24.6. The number of hydrogen-bond acceptors (Lipinski definition) is 4. The van der Waals surface area contributed by atoms with Crippen LogP contribution in [0.2, 0.25) is 0 Å². The number of carbonyl (C=O) groups is 1. The van der Waals surface area contributed by atoms with E-state index in [1.54, 1.807) is 11.3 Å². The Balaban J connectivity index is 0.000000303. The summed E-state index contributed by atoms with van der Waals surface area (Å²) in [5.41, 5.74) is 0.0172. The number of allylic oxidation sites excluding steroid dienone is 1. The fourth-order valence-corrected chi connectivity index (χ4v) is 5.54. The van der Waals surface area contributed by atoms with Crippen LogP contribution in [0.25, 0.3) is 0 Å². The summed E-state index contributed by atoms with van der Waals surface area (Å²) in [5.74, 6) is 0.112. The Morgan fingerprint density at radius 3 is 2.70 bits per heavy atom. The van der Waals surface area contributed by atoms with E-state index in [1.807, 2.05) is 0 Å². The van der Waals surface area contributed by atoms with Crippen molar-refractivity contribution in [3.8, 4) is 6.07 Å². The highest BCUT2D eigenvalue weighted by Gasteiger charge is 2.45. The van der Waals surface area contributed by atoms with Crippen molar-refractivity contribution in [3.63, 3.8) is 0 Å². The van der Waals surface area contributed by atoms with Gasteiger partial charge in [-0.05, 0) is 62.3 Å². The van der Waals surface area contributed by atoms with Gasteiger partial charge >= 0.3 is 5.97 Å². The van der Waals surface area contributed by atoms with Gasteiger partial charge in [0.05, 0.1) is 12.2 Å². The fourth-order valence-electron chi connectivity index (χ4n) is 4.50. The van der Waals surface area contributed by atoms with Gasteiger partial charge in [0.1, 0.15) is 0 Å². The molecule has 2 aliphatic carbocycles. The normalized spacial score (nSPS) is 23.2. The molecule has 4 nitrogen and oxygen atoms in total. The summed E-state index contributed by atoms with van der Waals surface area (Å²) in [6.45, 7) is 2.11. The van der Waals surface area contributed by atoms with Crippen LogP contribution in [0.4, 0.5) is 0 Å². The SMILES string of the molecule is CCCCCCC(=O)O.N#CC1CC[C@H](/C=C/CC(O)C2(c3cccs3)CCC2)C1. The van der Waals surface area contributed by atoms with Crippen molar-refractivity contribution in [2.45, 2.75) is 95.5 Å². The molecule has 0 amide bonds. The van der Waals surface area contributed by atoms with Crippen LogP contribution in [0.15, 0.2) is 29.7 Å². The number of aliphatic hydroxyl groups excluding tert-OH is 1. The minimum atomic E-state index is -0.675. The maximum absolute atomic E-state index is 10.7. The van der Waals surface area contributed by atoms with Crippen LogP contribution < -0.4 is 0 Å². The average Bonchev–Trinajstić information content (AvgIpc) is 3.37. The molecule has 1 heterocycles. The number of aliphatic carboxylic acids is 1. The van der Waals surface area contributed by atoms with Gasteiger partial charge in [0.2, 0.25) is 0 Å². The Morgan fingerprint density at radius 1 is 1.37 bits per heavy atom. The molecule has 0 bridgehead atoms. The molecule has 1 aromatic rings. The van der Waals surface area contributed by atoms with Crippen molar-refractivity contribution in [2.75, 3.05) is 0 Å². The van der Waals surface area contributed by atoms with Crippen LogP contribution in [0.3, 0.4) is 0 Å². The zero-order valence-electron chi connectivity index (χ0n) is 18.3. The summed E-state index contributed by atoms with van der Waals surface area (Å²) in [7, 11) is 0. The summed E-state index contributed by atoms with van der Waals surface area (Å²) in [5, 5.41) is 29.9. The smallest absolute Gasteiger partial charge is 0.303 e. The average molecular weight is 432 g/mol. The first-order valence-electron chi connectivity index (χ1n) is 11.5. The third-order valence-corrected chi connectivity index (χ3v) is 7.65. The summed E-state index contributed by atoms with van der Waals surface area (Å²) < 4.78 is 0. The van der Waals surface area contributed by atoms with Crippen LogP contribution in [0.5, 0.6) is 0 Å². The highest BCUT2D eigenvalue weighted by Crippen LogP contribution is 2.49. The lowest BCUT2D eigenvalue weighted by molar-refractivity contribution is -0.137. The van der Waals surface area contributed by atoms with Crippen LogP contribution in [-0.2, 0) is 10.2 Å². The number of nitriles is 1. The van der Waals surface area contributed by atoms with Gasteiger partial charge < -0.3 is 10.2 Å². The second-order valence-electron chi connectivity index (χ2n) is 8.77. The molecule has 0 radical (unpaired) electrons. The molecule has 2 N–H and O–H groups in total. The number of nitrogens with zero attached hydrogens (tertiary/aromatic N) is 1. The lowest BCUT2D eigenvalue weighted by atomic mass is 9.63. The van der Waals surface area contributed by atoms with E-state index in [9.17, 15) is 9.90 Å². The molecule has 0 spiro atoms. The summed E-state index contributed by atoms with van der Waals surface area (Å²) in [4.78, 5) is 11.3. The molecule has 166 valence electrons. The third-order valence-electron chi connectivity index (χ3n) is 6.56. The van der Waals surface area contributed by atoms with Crippen LogP contribution in [-0.4, -0.2) is 22.3 Å². The van der Waals surface area contributed by atoms with Crippen LogP contribution >= 0.6 is 11.3 Å². The minimum absolute atomic E-state index is 0.0172. The van der Waals surface area contributed by atoms with Crippen molar-refractivity contribution in [3.05, 3.63) is 34.5 Å². The van der Waals surface area contributed by atoms with E-state index in [4.69, 9.17) is 10.4 Å². The fraction of sp³-hybridized carbons (Fsp3) is 0.680. The van der Waals surface area contributed by atoms with Gasteiger partial charge in [-0.2, -0.15) is 5.26 Å². The minimum Gasteiger partial charge on any atom is -0.481 e. The molecular weight excluding hydrogens is 394 g/mol. The van der Waals surface area contributed by atoms with Gasteiger partial charge in [0.25, 0.3) is 0 Å². The Labute approximate surface area is 185 Å². The molecule has 0 saturated heterocycles. The van der Waals surface area contributed by atoms with E-state index in [-0.39, 0.29) is 17.4 Å². The quantitative estimate of drug-likeness (QED) is 0.329. The number of carboxylic acids is 1. The van der Waals surface area contributed by atoms with Crippen molar-refractivity contribution in [2.24, 2.45) is 11.8 Å². The second kappa shape index (κ2) is 12.9. The number of thiophene rings is 1. The maximum Gasteiger partial charge on any atom is 0.303 e. The van der Waals surface area contributed by atoms with Crippen molar-refractivity contribution in [1.29, 1.82) is 5.26 Å². The molecule has 2 saturated carbocycles. The maximum atomic E-state index is 10.7. The molecular formula is C25H37NO3S. The molecule has 2 unspecified atom stereocenters. The monoisotopic (exact) mass is 431 g/mol. The summed E-state index contributed by atoms with van der Waals surface area (Å²) >= 11 is 1.78. The lowest BCUT2D eigenvalue weighted by Gasteiger charge is -2.44. The standard InChI is InChI=1S/C18H23NOS.C7H14O2/c19-13-15-8-7-14(12-15)4-1-5-16(20)18(9-3-10-18)17-6-2-11-21-17;1-2-3-4-5-6-7(8)9/h1-2,4,6,11,14-16,20H,3,5,7-10,12H2;2-6H2,1H3,(H,8,9)/b4-1+;/t14-,15?,16?;/m0./s1. The zero-order valence-corrected chi connectivity index (χ0v) is 19.1. The highest BCUT2D eigenvalue weighted by atomic mass is 32.1. The van der Waals surface area contributed by atoms with Gasteiger partial charge in [0, 0.05) is 22.6 Å². The van der Waals surface area contributed by atoms with Gasteiger partial charge in [0.15, 0.2) is 0 Å². The topological polar surface area (TPSA) is 81.3 Å². The van der Waals surface area contributed by atoms with E-state index < -0.39 is 5.97 Å². The van der Waals surface area contributed by atoms with Crippen molar-refractivity contribution < 1.29 is 15.0 Å². The Morgan fingerprint density at radius 2 is 2.17 bits per heavy atom. The number of carboxylic acid groups (broad SMARTS) is 1. The molecule has 2 fully saturated rings. The number of rotatable bonds is 10. The largest absolute Gasteiger partial charge is 0.481 e. The van der Waals surface area contributed by atoms with Gasteiger partial charge in [-0.25, -0.2) is 0 Å². The van der Waals surface area contributed by atoms with Crippen molar-refractivity contribution in [1.82, 2.24) is 0 Å². The summed E-state index contributed by atoms with van der Waals surface area (Å²) in [6.07, 6.45) is 16.0. The van der Waals surface area contributed by atoms with Gasteiger partial charge in [-0.1, -0.05) is 50.8 Å². The first-order valence-corrected chi connectivity index (χ1v) is 12.4. The molecule has 3 rings (SSSR count). The predicted octanol–water partition coefficient (Wildman–Crippen LogP) is 6.46. The van der Waals surface area contributed by atoms with Crippen molar-refractivity contribution >= 4 is 17.3 Å². The molecule has 30 heavy (non-hydrogen) atoms. The highest BCUT2D eigenvalue weighted by molar-refractivity contribution is 7.10. The Hall–Kier alpha value is -1.64. The third kappa shape index (κ3) is 7.25. The van der Waals surface area contributed by atoms with Gasteiger partial charge in [-0.3, -0.25) is 4.79 Å². The Bertz CT molecular complexity index is 688. The van der Waals surface area contributed by atoms with E-state index in [2.05, 4.69) is 42.7 Å². The molecule has 0 aliphatic heterocycles. The van der Waals surface area contributed by atoms with Crippen LogP contribution in [0, 0.1) is 23.2 Å². The first-order chi connectivity index (χ1) is 14.5. The number of aliphatic hydroxyl groups is 1. The lowest BCUT2D eigenvalue weighted by Crippen LogP contribution is -2.44. The Kier molecular flexibility index (Phi) is 10.6. The number of hydrogen-bond donors (Lipinski definition) is 2. The molecule has 0 aromatic carbocycles. The predicted molar refractivity (Wildman–Crippen MR) is 122 cm³/mol. The van der Waals surface area contributed by atoms with E-state index in [0.717, 1.165) is 57.8 Å². The molecule has 2 aliphatic rings. The molecule has 3 atom stereocenters. The molecule has 1 aromatic heterocycles.